The zero-order valence-electron chi connectivity index (χ0n) is 12.2. The second-order valence-electron chi connectivity index (χ2n) is 5.38. The van der Waals surface area contributed by atoms with Crippen molar-refractivity contribution in [3.8, 4) is 11.6 Å². The molecule has 2 aromatic rings. The summed E-state index contributed by atoms with van der Waals surface area (Å²) in [6.45, 7) is 4.98. The van der Waals surface area contributed by atoms with Gasteiger partial charge >= 0.3 is 0 Å². The highest BCUT2D eigenvalue weighted by Crippen LogP contribution is 2.44. The number of aromatic nitrogens is 4. The third kappa shape index (κ3) is 3.20. The number of hydrogen-bond donors (Lipinski definition) is 1. The summed E-state index contributed by atoms with van der Waals surface area (Å²) in [5, 5.41) is 3.35. The van der Waals surface area contributed by atoms with E-state index in [0.29, 0.717) is 17.6 Å². The van der Waals surface area contributed by atoms with Crippen molar-refractivity contribution in [3.63, 3.8) is 0 Å². The van der Waals surface area contributed by atoms with Gasteiger partial charge in [0.1, 0.15) is 5.82 Å². The minimum atomic E-state index is 0.536. The maximum Gasteiger partial charge on any atom is 0.200 e. The van der Waals surface area contributed by atoms with Crippen LogP contribution in [0.3, 0.4) is 0 Å². The average molecular weight is 348 g/mol. The second-order valence-corrected chi connectivity index (χ2v) is 6.17. The van der Waals surface area contributed by atoms with Crippen molar-refractivity contribution in [1.82, 2.24) is 19.9 Å². The summed E-state index contributed by atoms with van der Waals surface area (Å²) in [6.07, 6.45) is 7.02. The molecule has 21 heavy (non-hydrogen) atoms. The maximum atomic E-state index is 4.68. The SMILES string of the molecule is CCCNc1nc(-c2ncc(C)cn2)nc(C2CC2)c1Br. The van der Waals surface area contributed by atoms with E-state index in [2.05, 4.69) is 48.1 Å². The lowest BCUT2D eigenvalue weighted by Gasteiger charge is -2.11. The molecule has 3 rings (SSSR count). The van der Waals surface area contributed by atoms with Gasteiger partial charge in [0.25, 0.3) is 0 Å². The van der Waals surface area contributed by atoms with Crippen LogP contribution in [0.15, 0.2) is 16.9 Å². The highest BCUT2D eigenvalue weighted by atomic mass is 79.9. The molecule has 0 bridgehead atoms. The Hall–Kier alpha value is -1.56. The van der Waals surface area contributed by atoms with Gasteiger partial charge in [0.2, 0.25) is 0 Å². The summed E-state index contributed by atoms with van der Waals surface area (Å²) in [7, 11) is 0. The first-order chi connectivity index (χ1) is 10.2. The van der Waals surface area contributed by atoms with Crippen molar-refractivity contribution in [2.24, 2.45) is 0 Å². The summed E-state index contributed by atoms with van der Waals surface area (Å²) in [5.41, 5.74) is 2.10. The van der Waals surface area contributed by atoms with Crippen molar-refractivity contribution in [1.29, 1.82) is 0 Å². The molecule has 0 spiro atoms. The van der Waals surface area contributed by atoms with E-state index in [0.717, 1.165) is 34.5 Å². The predicted octanol–water partition coefficient (Wildman–Crippen LogP) is 3.70. The molecular formula is C15H18BrN5. The van der Waals surface area contributed by atoms with E-state index in [1.807, 2.05) is 6.92 Å². The van der Waals surface area contributed by atoms with Crippen LogP contribution in [0, 0.1) is 6.92 Å². The Bertz CT molecular complexity index is 637. The van der Waals surface area contributed by atoms with Gasteiger partial charge in [-0.15, -0.1) is 0 Å². The first-order valence-corrected chi connectivity index (χ1v) is 8.08. The Balaban J connectivity index is 2.03. The van der Waals surface area contributed by atoms with Crippen LogP contribution in [-0.2, 0) is 0 Å². The molecule has 1 fully saturated rings. The molecule has 0 saturated heterocycles. The lowest BCUT2D eigenvalue weighted by atomic mass is 10.2. The quantitative estimate of drug-likeness (QED) is 0.893. The molecule has 6 heteroatoms. The standard InChI is InChI=1S/C15H18BrN5/c1-3-6-17-13-11(16)12(10-4-5-10)20-15(21-13)14-18-7-9(2)8-19-14/h7-8,10H,3-6H2,1-2H3,(H,17,20,21). The van der Waals surface area contributed by atoms with Gasteiger partial charge in [-0.05, 0) is 47.7 Å². The molecule has 1 aliphatic carbocycles. The van der Waals surface area contributed by atoms with E-state index in [1.54, 1.807) is 12.4 Å². The first kappa shape index (κ1) is 14.4. The van der Waals surface area contributed by atoms with Gasteiger partial charge in [-0.3, -0.25) is 0 Å². The fourth-order valence-corrected chi connectivity index (χ4v) is 2.70. The van der Waals surface area contributed by atoms with Crippen LogP contribution in [-0.4, -0.2) is 26.5 Å². The van der Waals surface area contributed by atoms with Crippen molar-refractivity contribution >= 4 is 21.7 Å². The Morgan fingerprint density at radius 1 is 1.19 bits per heavy atom. The second kappa shape index (κ2) is 6.05. The molecule has 1 saturated carbocycles. The maximum absolute atomic E-state index is 4.68. The van der Waals surface area contributed by atoms with E-state index in [4.69, 9.17) is 0 Å². The molecule has 5 nitrogen and oxygen atoms in total. The molecular weight excluding hydrogens is 330 g/mol. The number of nitrogens with one attached hydrogen (secondary N) is 1. The van der Waals surface area contributed by atoms with Crippen LogP contribution in [0.25, 0.3) is 11.6 Å². The summed E-state index contributed by atoms with van der Waals surface area (Å²) >= 11 is 3.64. The van der Waals surface area contributed by atoms with Gasteiger partial charge < -0.3 is 5.32 Å². The Morgan fingerprint density at radius 3 is 2.52 bits per heavy atom. The number of nitrogens with zero attached hydrogens (tertiary/aromatic N) is 4. The smallest absolute Gasteiger partial charge is 0.200 e. The largest absolute Gasteiger partial charge is 0.369 e. The number of aryl methyl sites for hydroxylation is 1. The van der Waals surface area contributed by atoms with E-state index in [1.165, 1.54) is 12.8 Å². The topological polar surface area (TPSA) is 63.6 Å². The minimum Gasteiger partial charge on any atom is -0.369 e. The molecule has 2 heterocycles. The zero-order chi connectivity index (χ0) is 14.8. The van der Waals surface area contributed by atoms with E-state index >= 15 is 0 Å². The molecule has 2 aromatic heterocycles. The van der Waals surface area contributed by atoms with Crippen molar-refractivity contribution in [2.75, 3.05) is 11.9 Å². The Labute approximate surface area is 132 Å². The molecule has 0 unspecified atom stereocenters. The van der Waals surface area contributed by atoms with Crippen LogP contribution in [0.4, 0.5) is 5.82 Å². The summed E-state index contributed by atoms with van der Waals surface area (Å²) in [5.74, 6) is 2.55. The van der Waals surface area contributed by atoms with Crippen molar-refractivity contribution in [3.05, 3.63) is 28.1 Å². The third-order valence-corrected chi connectivity index (χ3v) is 4.15. The monoisotopic (exact) mass is 347 g/mol. The highest BCUT2D eigenvalue weighted by molar-refractivity contribution is 9.10. The fraction of sp³-hybridized carbons (Fsp3) is 0.467. The lowest BCUT2D eigenvalue weighted by molar-refractivity contribution is 0.930. The van der Waals surface area contributed by atoms with Crippen molar-refractivity contribution in [2.45, 2.75) is 39.0 Å². The molecule has 0 amide bonds. The molecule has 0 radical (unpaired) electrons. The van der Waals surface area contributed by atoms with Gasteiger partial charge in [0.15, 0.2) is 11.6 Å². The molecule has 110 valence electrons. The summed E-state index contributed by atoms with van der Waals surface area (Å²) < 4.78 is 0.981. The minimum absolute atomic E-state index is 0.536. The first-order valence-electron chi connectivity index (χ1n) is 7.29. The lowest BCUT2D eigenvalue weighted by Crippen LogP contribution is -2.08. The number of rotatable bonds is 5. The number of anilines is 1. The van der Waals surface area contributed by atoms with Crippen molar-refractivity contribution < 1.29 is 0 Å². The molecule has 1 N–H and O–H groups in total. The molecule has 0 aromatic carbocycles. The van der Waals surface area contributed by atoms with E-state index < -0.39 is 0 Å². The van der Waals surface area contributed by atoms with Gasteiger partial charge in [-0.25, -0.2) is 19.9 Å². The van der Waals surface area contributed by atoms with Crippen LogP contribution in [0.2, 0.25) is 0 Å². The molecule has 0 atom stereocenters. The predicted molar refractivity (Wildman–Crippen MR) is 86.3 cm³/mol. The number of halogens is 1. The zero-order valence-corrected chi connectivity index (χ0v) is 13.8. The number of hydrogen-bond acceptors (Lipinski definition) is 5. The molecule has 0 aliphatic heterocycles. The van der Waals surface area contributed by atoms with Crippen LogP contribution in [0.1, 0.15) is 43.4 Å². The van der Waals surface area contributed by atoms with Crippen LogP contribution in [0.5, 0.6) is 0 Å². The highest BCUT2D eigenvalue weighted by Gasteiger charge is 2.29. The summed E-state index contributed by atoms with van der Waals surface area (Å²) in [4.78, 5) is 17.9. The van der Waals surface area contributed by atoms with E-state index in [-0.39, 0.29) is 0 Å². The summed E-state index contributed by atoms with van der Waals surface area (Å²) in [6, 6.07) is 0. The fourth-order valence-electron chi connectivity index (χ4n) is 2.06. The Kier molecular flexibility index (Phi) is 4.14. The Morgan fingerprint density at radius 2 is 1.90 bits per heavy atom. The average Bonchev–Trinajstić information content (AvgIpc) is 3.32. The van der Waals surface area contributed by atoms with Gasteiger partial charge in [-0.1, -0.05) is 6.92 Å². The van der Waals surface area contributed by atoms with Gasteiger partial charge in [0, 0.05) is 24.9 Å². The van der Waals surface area contributed by atoms with Crippen LogP contribution < -0.4 is 5.32 Å². The van der Waals surface area contributed by atoms with Gasteiger partial charge in [0.05, 0.1) is 10.2 Å². The van der Waals surface area contributed by atoms with Gasteiger partial charge in [-0.2, -0.15) is 0 Å². The third-order valence-electron chi connectivity index (χ3n) is 3.36. The van der Waals surface area contributed by atoms with E-state index in [9.17, 15) is 0 Å². The van der Waals surface area contributed by atoms with Crippen LogP contribution >= 0.6 is 15.9 Å². The normalized spacial score (nSPS) is 14.2. The molecule has 1 aliphatic rings.